The van der Waals surface area contributed by atoms with Crippen molar-refractivity contribution in [3.63, 3.8) is 0 Å². The van der Waals surface area contributed by atoms with Gasteiger partial charge in [-0.2, -0.15) is 0 Å². The molecule has 0 saturated heterocycles. The maximum Gasteiger partial charge on any atom is 0.573 e. The third kappa shape index (κ3) is 4.48. The first-order valence-electron chi connectivity index (χ1n) is 8.41. The fourth-order valence-electron chi connectivity index (χ4n) is 3.89. The van der Waals surface area contributed by atoms with Gasteiger partial charge in [-0.1, -0.05) is 30.3 Å². The minimum absolute atomic E-state index is 0. The number of nitrogens with zero attached hydrogens (tertiary/aromatic N) is 1. The van der Waals surface area contributed by atoms with E-state index >= 15 is 0 Å². The van der Waals surface area contributed by atoms with Gasteiger partial charge in [-0.3, -0.25) is 4.99 Å². The van der Waals surface area contributed by atoms with Crippen LogP contribution < -0.4 is 15.8 Å². The number of halogens is 4. The highest BCUT2D eigenvalue weighted by molar-refractivity contribution is 14.0. The molecule has 0 aliphatic heterocycles. The van der Waals surface area contributed by atoms with Crippen molar-refractivity contribution in [2.75, 3.05) is 11.9 Å². The van der Waals surface area contributed by atoms with E-state index in [4.69, 9.17) is 5.73 Å². The van der Waals surface area contributed by atoms with Gasteiger partial charge >= 0.3 is 6.36 Å². The van der Waals surface area contributed by atoms with Gasteiger partial charge in [-0.25, -0.2) is 0 Å². The molecular formula is C19H19F3IN3O. The van der Waals surface area contributed by atoms with Crippen molar-refractivity contribution < 1.29 is 17.9 Å². The van der Waals surface area contributed by atoms with Gasteiger partial charge in [0.2, 0.25) is 0 Å². The topological polar surface area (TPSA) is 59.6 Å². The van der Waals surface area contributed by atoms with E-state index in [0.717, 1.165) is 6.42 Å². The predicted octanol–water partition coefficient (Wildman–Crippen LogP) is 4.52. The Bertz CT molecular complexity index is 856. The maximum absolute atomic E-state index is 12.3. The molecule has 1 saturated carbocycles. The number of nitrogens with one attached hydrogen (secondary N) is 1. The highest BCUT2D eigenvalue weighted by atomic mass is 127. The first-order chi connectivity index (χ1) is 12.4. The van der Waals surface area contributed by atoms with E-state index in [1.807, 2.05) is 0 Å². The maximum atomic E-state index is 12.3. The molecule has 3 atom stereocenters. The zero-order valence-corrected chi connectivity index (χ0v) is 16.6. The summed E-state index contributed by atoms with van der Waals surface area (Å²) >= 11 is 0. The molecule has 4 nitrogen and oxygen atoms in total. The summed E-state index contributed by atoms with van der Waals surface area (Å²) < 4.78 is 40.7. The molecule has 0 heterocycles. The summed E-state index contributed by atoms with van der Waals surface area (Å²) in [5.41, 5.74) is 9.12. The van der Waals surface area contributed by atoms with E-state index in [9.17, 15) is 13.2 Å². The molecule has 0 radical (unpaired) electrons. The Morgan fingerprint density at radius 1 is 1.19 bits per heavy atom. The van der Waals surface area contributed by atoms with Gasteiger partial charge in [0.25, 0.3) is 0 Å². The average Bonchev–Trinajstić information content (AvgIpc) is 3.10. The van der Waals surface area contributed by atoms with E-state index in [1.54, 1.807) is 6.07 Å². The van der Waals surface area contributed by atoms with Crippen LogP contribution >= 0.6 is 24.0 Å². The molecule has 2 aromatic carbocycles. The molecule has 2 aliphatic rings. The van der Waals surface area contributed by atoms with Gasteiger partial charge in [0.05, 0.1) is 0 Å². The van der Waals surface area contributed by atoms with Gasteiger partial charge in [0.1, 0.15) is 5.75 Å². The number of ether oxygens (including phenoxy) is 1. The molecule has 0 spiro atoms. The van der Waals surface area contributed by atoms with Crippen molar-refractivity contribution in [2.45, 2.75) is 18.7 Å². The fraction of sp³-hybridized carbons (Fsp3) is 0.316. The zero-order valence-electron chi connectivity index (χ0n) is 14.2. The third-order valence-corrected chi connectivity index (χ3v) is 5.01. The number of benzene rings is 2. The van der Waals surface area contributed by atoms with Gasteiger partial charge < -0.3 is 15.8 Å². The van der Waals surface area contributed by atoms with Crippen molar-refractivity contribution in [3.05, 3.63) is 59.7 Å². The van der Waals surface area contributed by atoms with Gasteiger partial charge in [-0.05, 0) is 47.4 Å². The second kappa shape index (κ2) is 7.57. The van der Waals surface area contributed by atoms with Gasteiger partial charge in [0.15, 0.2) is 5.96 Å². The smallest absolute Gasteiger partial charge is 0.406 e. The molecule has 4 rings (SSSR count). The summed E-state index contributed by atoms with van der Waals surface area (Å²) in [6.45, 7) is 0.612. The number of anilines is 1. The number of nitrogens with two attached hydrogens (primary N) is 1. The number of rotatable bonds is 4. The van der Waals surface area contributed by atoms with Crippen LogP contribution in [0.25, 0.3) is 0 Å². The number of aliphatic imine (C=N–C) groups is 1. The Morgan fingerprint density at radius 3 is 2.74 bits per heavy atom. The lowest BCUT2D eigenvalue weighted by Crippen LogP contribution is -2.23. The van der Waals surface area contributed by atoms with Crippen LogP contribution in [0.15, 0.2) is 53.5 Å². The second-order valence-electron chi connectivity index (χ2n) is 6.68. The van der Waals surface area contributed by atoms with Crippen LogP contribution in [-0.2, 0) is 6.42 Å². The number of hydrogen-bond acceptors (Lipinski definition) is 2. The molecule has 2 aliphatic carbocycles. The summed E-state index contributed by atoms with van der Waals surface area (Å²) in [7, 11) is 0. The fourth-order valence-corrected chi connectivity index (χ4v) is 3.89. The normalized spacial score (nSPS) is 23.1. The molecule has 0 bridgehead atoms. The Labute approximate surface area is 172 Å². The quantitative estimate of drug-likeness (QED) is 0.378. The molecule has 2 aromatic rings. The number of fused-ring (bicyclic) bond motifs is 3. The van der Waals surface area contributed by atoms with Crippen molar-refractivity contribution in [1.82, 2.24) is 0 Å². The lowest BCUT2D eigenvalue weighted by molar-refractivity contribution is -0.274. The molecule has 8 heteroatoms. The zero-order chi connectivity index (χ0) is 18.3. The molecular weight excluding hydrogens is 470 g/mol. The van der Waals surface area contributed by atoms with E-state index < -0.39 is 6.36 Å². The standard InChI is InChI=1S/C19H18F3N3O.HI/c20-19(21,22)26-13-6-3-5-12(9-13)25-18(23)24-10-16-15-8-11-4-1-2-7-14(11)17(15)16;/h1-7,9,15-17H,8,10H2,(H3,23,24,25);1H. The van der Waals surface area contributed by atoms with Crippen LogP contribution in [0.3, 0.4) is 0 Å². The van der Waals surface area contributed by atoms with Crippen LogP contribution in [0.2, 0.25) is 0 Å². The average molecular weight is 489 g/mol. The lowest BCUT2D eigenvalue weighted by Gasteiger charge is -2.11. The molecule has 0 aromatic heterocycles. The predicted molar refractivity (Wildman–Crippen MR) is 109 cm³/mol. The Morgan fingerprint density at radius 2 is 1.96 bits per heavy atom. The molecule has 3 unspecified atom stereocenters. The van der Waals surface area contributed by atoms with Crippen molar-refractivity contribution in [1.29, 1.82) is 0 Å². The largest absolute Gasteiger partial charge is 0.573 e. The SMILES string of the molecule is I.NC(=NCC1C2Cc3ccccc3C12)Nc1cccc(OC(F)(F)F)c1. The summed E-state index contributed by atoms with van der Waals surface area (Å²) in [4.78, 5) is 4.36. The Kier molecular flexibility index (Phi) is 5.55. The summed E-state index contributed by atoms with van der Waals surface area (Å²) in [6.07, 6.45) is -3.64. The van der Waals surface area contributed by atoms with Crippen molar-refractivity contribution in [2.24, 2.45) is 22.6 Å². The first-order valence-corrected chi connectivity index (χ1v) is 8.41. The summed E-state index contributed by atoms with van der Waals surface area (Å²) in [5, 5.41) is 2.82. The highest BCUT2D eigenvalue weighted by Gasteiger charge is 2.54. The number of alkyl halides is 3. The van der Waals surface area contributed by atoms with Crippen LogP contribution in [-0.4, -0.2) is 18.9 Å². The van der Waals surface area contributed by atoms with E-state index in [2.05, 4.69) is 39.3 Å². The minimum Gasteiger partial charge on any atom is -0.406 e. The van der Waals surface area contributed by atoms with Crippen LogP contribution in [0.4, 0.5) is 18.9 Å². The van der Waals surface area contributed by atoms with Crippen molar-refractivity contribution in [3.8, 4) is 5.75 Å². The van der Waals surface area contributed by atoms with Gasteiger partial charge in [0, 0.05) is 18.3 Å². The molecule has 0 amide bonds. The van der Waals surface area contributed by atoms with Gasteiger partial charge in [-0.15, -0.1) is 37.1 Å². The van der Waals surface area contributed by atoms with Crippen LogP contribution in [0, 0.1) is 11.8 Å². The summed E-state index contributed by atoms with van der Waals surface area (Å²) in [6, 6.07) is 14.0. The van der Waals surface area contributed by atoms with Crippen molar-refractivity contribution >= 4 is 35.6 Å². The minimum atomic E-state index is -4.72. The monoisotopic (exact) mass is 489 g/mol. The lowest BCUT2D eigenvalue weighted by atomic mass is 10.0. The van der Waals surface area contributed by atoms with E-state index in [0.29, 0.717) is 30.0 Å². The van der Waals surface area contributed by atoms with E-state index in [1.165, 1.54) is 29.3 Å². The van der Waals surface area contributed by atoms with E-state index in [-0.39, 0.29) is 35.7 Å². The first kappa shape index (κ1) is 19.8. The molecule has 3 N–H and O–H groups in total. The van der Waals surface area contributed by atoms with Crippen LogP contribution in [0.5, 0.6) is 5.75 Å². The number of guanidine groups is 1. The summed E-state index contributed by atoms with van der Waals surface area (Å²) in [5.74, 6) is 1.57. The molecule has 27 heavy (non-hydrogen) atoms. The Hall–Kier alpha value is -1.97. The second-order valence-corrected chi connectivity index (χ2v) is 6.68. The molecule has 1 fully saturated rings. The molecule has 144 valence electrons. The third-order valence-electron chi connectivity index (χ3n) is 5.01. The number of hydrogen-bond donors (Lipinski definition) is 2. The van der Waals surface area contributed by atoms with Crippen LogP contribution in [0.1, 0.15) is 17.0 Å². The highest BCUT2D eigenvalue weighted by Crippen LogP contribution is 2.61. The Balaban J connectivity index is 0.00000210.